The van der Waals surface area contributed by atoms with E-state index in [1.54, 1.807) is 0 Å². The van der Waals surface area contributed by atoms with Crippen LogP contribution in [0.1, 0.15) is 31.2 Å². The number of halogens is 2. The predicted molar refractivity (Wildman–Crippen MR) is 131 cm³/mol. The van der Waals surface area contributed by atoms with Gasteiger partial charge in [-0.2, -0.15) is 0 Å². The molecule has 1 saturated heterocycles. The number of urea groups is 1. The zero-order valence-corrected chi connectivity index (χ0v) is 19.7. The second kappa shape index (κ2) is 9.67. The highest BCUT2D eigenvalue weighted by atomic mass is 35.5. The summed E-state index contributed by atoms with van der Waals surface area (Å²) < 4.78 is 0. The highest BCUT2D eigenvalue weighted by Crippen LogP contribution is 2.41. The first-order valence-electron chi connectivity index (χ1n) is 11.0. The van der Waals surface area contributed by atoms with E-state index in [0.717, 1.165) is 48.5 Å². The number of carbonyl (C=O) groups excluding carboxylic acids is 1. The molecular formula is C23H27Cl2N7O. The van der Waals surface area contributed by atoms with Crippen LogP contribution >= 0.6 is 24.0 Å². The quantitative estimate of drug-likeness (QED) is 0.565. The summed E-state index contributed by atoms with van der Waals surface area (Å²) in [7, 11) is 0. The fourth-order valence-corrected chi connectivity index (χ4v) is 5.30. The van der Waals surface area contributed by atoms with E-state index in [0.29, 0.717) is 18.9 Å². The van der Waals surface area contributed by atoms with Gasteiger partial charge in [0.2, 0.25) is 0 Å². The Morgan fingerprint density at radius 2 is 1.88 bits per heavy atom. The van der Waals surface area contributed by atoms with Gasteiger partial charge < -0.3 is 10.6 Å². The number of H-pyrrole nitrogens is 1. The van der Waals surface area contributed by atoms with Crippen LogP contribution in [-0.4, -0.2) is 57.2 Å². The minimum absolute atomic E-state index is 0. The first-order chi connectivity index (χ1) is 15.6. The highest BCUT2D eigenvalue weighted by molar-refractivity contribution is 6.30. The van der Waals surface area contributed by atoms with Gasteiger partial charge in [0, 0.05) is 47.4 Å². The van der Waals surface area contributed by atoms with Crippen molar-refractivity contribution in [1.29, 1.82) is 0 Å². The zero-order chi connectivity index (χ0) is 22.1. The molecule has 3 N–H and O–H groups in total. The van der Waals surface area contributed by atoms with Gasteiger partial charge in [0.25, 0.3) is 0 Å². The Morgan fingerprint density at radius 1 is 1.12 bits per heavy atom. The number of nitrogens with zero attached hydrogens (tertiary/aromatic N) is 5. The maximum atomic E-state index is 13.2. The molecule has 2 fully saturated rings. The van der Waals surface area contributed by atoms with Crippen LogP contribution in [0.2, 0.25) is 5.02 Å². The summed E-state index contributed by atoms with van der Waals surface area (Å²) in [4.78, 5) is 17.1. The topological polar surface area (TPSA) is 104 Å². The van der Waals surface area contributed by atoms with E-state index in [1.165, 1.54) is 5.56 Å². The lowest BCUT2D eigenvalue weighted by atomic mass is 9.68. The van der Waals surface area contributed by atoms with Gasteiger partial charge >= 0.3 is 6.03 Å². The van der Waals surface area contributed by atoms with Crippen molar-refractivity contribution in [3.63, 3.8) is 0 Å². The Bertz CT molecular complexity index is 1080. The van der Waals surface area contributed by atoms with E-state index >= 15 is 0 Å². The van der Waals surface area contributed by atoms with E-state index in [4.69, 9.17) is 17.3 Å². The average Bonchev–Trinajstić information content (AvgIpc) is 3.50. The van der Waals surface area contributed by atoms with Crippen molar-refractivity contribution < 1.29 is 4.79 Å². The lowest BCUT2D eigenvalue weighted by molar-refractivity contribution is 0.156. The monoisotopic (exact) mass is 487 g/mol. The van der Waals surface area contributed by atoms with E-state index < -0.39 is 0 Å². The Morgan fingerprint density at radius 3 is 2.52 bits per heavy atom. The van der Waals surface area contributed by atoms with Crippen molar-refractivity contribution in [3.8, 4) is 11.4 Å². The molecule has 0 atom stereocenters. The molecule has 174 valence electrons. The van der Waals surface area contributed by atoms with Crippen LogP contribution in [0.3, 0.4) is 0 Å². The van der Waals surface area contributed by atoms with Gasteiger partial charge in [0.1, 0.15) is 0 Å². The van der Waals surface area contributed by atoms with Crippen molar-refractivity contribution in [2.24, 2.45) is 5.73 Å². The summed E-state index contributed by atoms with van der Waals surface area (Å²) in [6.07, 6.45) is 3.80. The van der Waals surface area contributed by atoms with E-state index in [-0.39, 0.29) is 29.9 Å². The van der Waals surface area contributed by atoms with Gasteiger partial charge in [-0.05, 0) is 78.1 Å². The molecule has 2 heterocycles. The molecule has 8 nitrogen and oxygen atoms in total. The Balaban J connectivity index is 0.00000259. The maximum absolute atomic E-state index is 13.2. The minimum atomic E-state index is -0.0603. The SMILES string of the molecule is Cl.NCC1(c2cccc(Cl)c2)CCC(N2CCN(c3ccc(-c4nnn[nH]4)cc3)C2=O)CC1. The molecule has 3 aromatic rings. The first-order valence-corrected chi connectivity index (χ1v) is 11.4. The predicted octanol–water partition coefficient (Wildman–Crippen LogP) is 4.02. The molecule has 0 bridgehead atoms. The van der Waals surface area contributed by atoms with Gasteiger partial charge in [-0.15, -0.1) is 17.5 Å². The van der Waals surface area contributed by atoms with E-state index in [1.807, 2.05) is 52.3 Å². The average molecular weight is 488 g/mol. The number of nitrogens with one attached hydrogen (secondary N) is 1. The minimum Gasteiger partial charge on any atom is -0.330 e. The molecule has 33 heavy (non-hydrogen) atoms. The van der Waals surface area contributed by atoms with Gasteiger partial charge in [0.15, 0.2) is 5.82 Å². The third-order valence-corrected chi connectivity index (χ3v) is 7.25. The molecular weight excluding hydrogens is 461 g/mol. The third kappa shape index (κ3) is 4.43. The second-order valence-corrected chi connectivity index (χ2v) is 9.09. The van der Waals surface area contributed by atoms with E-state index in [9.17, 15) is 4.79 Å². The number of nitrogens with two attached hydrogens (primary N) is 1. The van der Waals surface area contributed by atoms with Crippen LogP contribution in [0.25, 0.3) is 11.4 Å². The van der Waals surface area contributed by atoms with Gasteiger partial charge in [-0.25, -0.2) is 9.89 Å². The molecule has 1 aromatic heterocycles. The highest BCUT2D eigenvalue weighted by Gasteiger charge is 2.41. The standard InChI is InChI=1S/C23H26ClN7O.ClH/c24-18-3-1-2-17(14-18)23(15-25)10-8-20(9-11-23)31-13-12-30(22(31)32)19-6-4-16(5-7-19)21-26-28-29-27-21;/h1-7,14,20H,8-13,15,25H2,(H,26,27,28,29);1H. The summed E-state index contributed by atoms with van der Waals surface area (Å²) in [5, 5.41) is 14.6. The molecule has 0 unspecified atom stereocenters. The number of tetrazole rings is 1. The van der Waals surface area contributed by atoms with Gasteiger partial charge in [0.05, 0.1) is 0 Å². The van der Waals surface area contributed by atoms with Crippen molar-refractivity contribution in [2.45, 2.75) is 37.1 Å². The fourth-order valence-electron chi connectivity index (χ4n) is 5.11. The van der Waals surface area contributed by atoms with Crippen molar-refractivity contribution in [3.05, 3.63) is 59.1 Å². The number of hydrogen-bond donors (Lipinski definition) is 2. The molecule has 1 aliphatic carbocycles. The lowest BCUT2D eigenvalue weighted by Crippen LogP contribution is -2.46. The number of benzene rings is 2. The van der Waals surface area contributed by atoms with Crippen LogP contribution in [0.5, 0.6) is 0 Å². The second-order valence-electron chi connectivity index (χ2n) is 8.65. The zero-order valence-electron chi connectivity index (χ0n) is 18.2. The number of amides is 2. The number of carbonyl (C=O) groups is 1. The van der Waals surface area contributed by atoms with Crippen LogP contribution in [0.15, 0.2) is 48.5 Å². The number of anilines is 1. The summed E-state index contributed by atoms with van der Waals surface area (Å²) in [5.41, 5.74) is 9.17. The number of hydrogen-bond acceptors (Lipinski definition) is 5. The molecule has 1 saturated carbocycles. The summed E-state index contributed by atoms with van der Waals surface area (Å²) in [6, 6.07) is 16.1. The Hall–Kier alpha value is -2.68. The molecule has 10 heteroatoms. The molecule has 2 amide bonds. The fraction of sp³-hybridized carbons (Fsp3) is 0.391. The van der Waals surface area contributed by atoms with Crippen LogP contribution in [0, 0.1) is 0 Å². The Kier molecular flexibility index (Phi) is 6.88. The van der Waals surface area contributed by atoms with Crippen LogP contribution in [0.4, 0.5) is 10.5 Å². The number of aromatic nitrogens is 4. The normalized spacial score (nSPS) is 23.0. The van der Waals surface area contributed by atoms with Crippen LogP contribution in [-0.2, 0) is 5.41 Å². The smallest absolute Gasteiger partial charge is 0.324 e. The lowest BCUT2D eigenvalue weighted by Gasteiger charge is -2.42. The number of rotatable bonds is 5. The molecule has 0 spiro atoms. The molecule has 2 aliphatic rings. The van der Waals surface area contributed by atoms with Crippen LogP contribution < -0.4 is 10.6 Å². The number of aromatic amines is 1. The summed E-state index contributed by atoms with van der Waals surface area (Å²) in [6.45, 7) is 2.02. The van der Waals surface area contributed by atoms with Gasteiger partial charge in [-0.3, -0.25) is 4.90 Å². The van der Waals surface area contributed by atoms with Crippen molar-refractivity contribution in [1.82, 2.24) is 25.5 Å². The summed E-state index contributed by atoms with van der Waals surface area (Å²) in [5.74, 6) is 0.608. The van der Waals surface area contributed by atoms with E-state index in [2.05, 4.69) is 26.7 Å². The summed E-state index contributed by atoms with van der Waals surface area (Å²) >= 11 is 6.24. The largest absolute Gasteiger partial charge is 0.330 e. The molecule has 1 aliphatic heterocycles. The van der Waals surface area contributed by atoms with Gasteiger partial charge in [-0.1, -0.05) is 23.7 Å². The third-order valence-electron chi connectivity index (χ3n) is 7.02. The molecule has 0 radical (unpaired) electrons. The van der Waals surface area contributed by atoms with Crippen molar-refractivity contribution in [2.75, 3.05) is 24.5 Å². The molecule has 2 aromatic carbocycles. The van der Waals surface area contributed by atoms with Crippen molar-refractivity contribution >= 4 is 35.7 Å². The Labute approximate surface area is 203 Å². The maximum Gasteiger partial charge on any atom is 0.324 e. The first kappa shape index (κ1) is 23.5. The molecule has 5 rings (SSSR count).